The highest BCUT2D eigenvalue weighted by molar-refractivity contribution is 5.30. The monoisotopic (exact) mass is 191 g/mol. The maximum atomic E-state index is 5.68. The topological polar surface area (TPSA) is 42.1 Å². The molecule has 2 rings (SSSR count). The van der Waals surface area contributed by atoms with E-state index >= 15 is 0 Å². The van der Waals surface area contributed by atoms with Crippen LogP contribution in [0.5, 0.6) is 0 Å². The van der Waals surface area contributed by atoms with Crippen molar-refractivity contribution < 1.29 is 0 Å². The molecular weight excluding hydrogens is 174 g/mol. The standard InChI is InChI=1S/C11H17N3/c1-14-7-3-4-9(8-14)10-5-2-6-11(12)13-10/h2,5-6,9H,3-4,7-8H2,1H3,(H2,12,13). The summed E-state index contributed by atoms with van der Waals surface area (Å²) < 4.78 is 0. The van der Waals surface area contributed by atoms with E-state index in [0.717, 1.165) is 12.2 Å². The molecule has 0 bridgehead atoms. The Morgan fingerprint density at radius 1 is 1.50 bits per heavy atom. The van der Waals surface area contributed by atoms with Crippen molar-refractivity contribution >= 4 is 5.82 Å². The van der Waals surface area contributed by atoms with Crippen molar-refractivity contribution in [3.8, 4) is 0 Å². The van der Waals surface area contributed by atoms with E-state index in [-0.39, 0.29) is 0 Å². The van der Waals surface area contributed by atoms with Crippen LogP contribution >= 0.6 is 0 Å². The molecular formula is C11H17N3. The third-order valence-electron chi connectivity index (χ3n) is 2.83. The molecule has 3 heteroatoms. The highest BCUT2D eigenvalue weighted by Crippen LogP contribution is 2.24. The van der Waals surface area contributed by atoms with Gasteiger partial charge in [0.25, 0.3) is 0 Å². The van der Waals surface area contributed by atoms with E-state index in [1.165, 1.54) is 19.4 Å². The van der Waals surface area contributed by atoms with Gasteiger partial charge in [-0.25, -0.2) is 4.98 Å². The average Bonchev–Trinajstić information content (AvgIpc) is 2.18. The second kappa shape index (κ2) is 3.96. The van der Waals surface area contributed by atoms with Gasteiger partial charge in [-0.2, -0.15) is 0 Å². The van der Waals surface area contributed by atoms with Gasteiger partial charge in [-0.15, -0.1) is 0 Å². The molecule has 0 amide bonds. The number of pyridine rings is 1. The molecule has 0 aromatic carbocycles. The zero-order chi connectivity index (χ0) is 9.97. The molecule has 1 unspecified atom stereocenters. The van der Waals surface area contributed by atoms with Gasteiger partial charge < -0.3 is 10.6 Å². The van der Waals surface area contributed by atoms with Gasteiger partial charge in [-0.3, -0.25) is 0 Å². The normalized spacial score (nSPS) is 23.6. The van der Waals surface area contributed by atoms with E-state index in [1.54, 1.807) is 0 Å². The molecule has 14 heavy (non-hydrogen) atoms. The Kier molecular flexibility index (Phi) is 2.68. The lowest BCUT2D eigenvalue weighted by atomic mass is 9.95. The first-order valence-corrected chi connectivity index (χ1v) is 5.16. The van der Waals surface area contributed by atoms with E-state index in [9.17, 15) is 0 Å². The van der Waals surface area contributed by atoms with Crippen LogP contribution in [-0.2, 0) is 0 Å². The van der Waals surface area contributed by atoms with Crippen molar-refractivity contribution in [3.63, 3.8) is 0 Å². The largest absolute Gasteiger partial charge is 0.384 e. The highest BCUT2D eigenvalue weighted by atomic mass is 15.1. The van der Waals surface area contributed by atoms with Gasteiger partial charge in [0, 0.05) is 18.2 Å². The van der Waals surface area contributed by atoms with E-state index in [2.05, 4.69) is 23.0 Å². The number of likely N-dealkylation sites (N-methyl/N-ethyl adjacent to an activating group) is 1. The molecule has 3 nitrogen and oxygen atoms in total. The van der Waals surface area contributed by atoms with Gasteiger partial charge in [0.05, 0.1) is 0 Å². The minimum absolute atomic E-state index is 0.567. The molecule has 0 radical (unpaired) electrons. The number of likely N-dealkylation sites (tertiary alicyclic amines) is 1. The van der Waals surface area contributed by atoms with Crippen molar-refractivity contribution in [1.82, 2.24) is 9.88 Å². The Hall–Kier alpha value is -1.09. The predicted octanol–water partition coefficient (Wildman–Crippen LogP) is 1.47. The minimum atomic E-state index is 0.567. The third kappa shape index (κ3) is 2.04. The summed E-state index contributed by atoms with van der Waals surface area (Å²) in [5.41, 5.74) is 6.82. The lowest BCUT2D eigenvalue weighted by molar-refractivity contribution is 0.248. The molecule has 1 aromatic heterocycles. The van der Waals surface area contributed by atoms with Crippen LogP contribution in [0.4, 0.5) is 5.82 Å². The quantitative estimate of drug-likeness (QED) is 0.731. The van der Waals surface area contributed by atoms with Crippen LogP contribution in [0.1, 0.15) is 24.5 Å². The SMILES string of the molecule is CN1CCCC(c2cccc(N)n2)C1. The number of hydrogen-bond acceptors (Lipinski definition) is 3. The second-order valence-corrected chi connectivity index (χ2v) is 4.09. The fraction of sp³-hybridized carbons (Fsp3) is 0.545. The van der Waals surface area contributed by atoms with Crippen LogP contribution in [-0.4, -0.2) is 30.0 Å². The maximum absolute atomic E-state index is 5.68. The van der Waals surface area contributed by atoms with Gasteiger partial charge in [0.15, 0.2) is 0 Å². The van der Waals surface area contributed by atoms with Crippen LogP contribution in [0, 0.1) is 0 Å². The first-order chi connectivity index (χ1) is 6.75. The number of piperidine rings is 1. The second-order valence-electron chi connectivity index (χ2n) is 4.09. The molecule has 1 aromatic rings. The van der Waals surface area contributed by atoms with Gasteiger partial charge in [-0.05, 0) is 38.6 Å². The molecule has 1 fully saturated rings. The predicted molar refractivity (Wildman–Crippen MR) is 58.1 cm³/mol. The lowest BCUT2D eigenvalue weighted by Crippen LogP contribution is -2.31. The fourth-order valence-corrected chi connectivity index (χ4v) is 2.10. The van der Waals surface area contributed by atoms with Crippen molar-refractivity contribution in [2.75, 3.05) is 25.9 Å². The molecule has 76 valence electrons. The summed E-state index contributed by atoms with van der Waals surface area (Å²) >= 11 is 0. The van der Waals surface area contributed by atoms with Crippen molar-refractivity contribution in [2.24, 2.45) is 0 Å². The molecule has 0 spiro atoms. The molecule has 0 aliphatic carbocycles. The first kappa shape index (κ1) is 9.46. The molecule has 1 saturated heterocycles. The van der Waals surface area contributed by atoms with E-state index in [1.807, 2.05) is 12.1 Å². The number of nitrogens with zero attached hydrogens (tertiary/aromatic N) is 2. The summed E-state index contributed by atoms with van der Waals surface area (Å²) in [4.78, 5) is 6.74. The van der Waals surface area contributed by atoms with Crippen molar-refractivity contribution in [3.05, 3.63) is 23.9 Å². The molecule has 1 aliphatic rings. The van der Waals surface area contributed by atoms with Crippen LogP contribution < -0.4 is 5.73 Å². The molecule has 2 N–H and O–H groups in total. The number of anilines is 1. The number of nitrogen functional groups attached to an aromatic ring is 1. The minimum Gasteiger partial charge on any atom is -0.384 e. The summed E-state index contributed by atoms with van der Waals surface area (Å²) in [6, 6.07) is 5.92. The zero-order valence-electron chi connectivity index (χ0n) is 8.61. The summed E-state index contributed by atoms with van der Waals surface area (Å²) in [7, 11) is 2.17. The van der Waals surface area contributed by atoms with Crippen LogP contribution in [0.25, 0.3) is 0 Å². The highest BCUT2D eigenvalue weighted by Gasteiger charge is 2.19. The molecule has 2 heterocycles. The Morgan fingerprint density at radius 3 is 3.07 bits per heavy atom. The van der Waals surface area contributed by atoms with E-state index in [0.29, 0.717) is 11.7 Å². The Bertz CT molecular complexity index is 311. The molecule has 0 saturated carbocycles. The number of rotatable bonds is 1. The van der Waals surface area contributed by atoms with Crippen LogP contribution in [0.15, 0.2) is 18.2 Å². The number of nitrogens with two attached hydrogens (primary N) is 1. The van der Waals surface area contributed by atoms with Crippen molar-refractivity contribution in [2.45, 2.75) is 18.8 Å². The fourth-order valence-electron chi connectivity index (χ4n) is 2.10. The summed E-state index contributed by atoms with van der Waals surface area (Å²) in [6.45, 7) is 2.31. The Labute approximate surface area is 84.9 Å². The first-order valence-electron chi connectivity index (χ1n) is 5.16. The Balaban J connectivity index is 2.14. The summed E-state index contributed by atoms with van der Waals surface area (Å²) in [6.07, 6.45) is 2.50. The van der Waals surface area contributed by atoms with Crippen LogP contribution in [0.2, 0.25) is 0 Å². The number of hydrogen-bond donors (Lipinski definition) is 1. The van der Waals surface area contributed by atoms with Gasteiger partial charge in [-0.1, -0.05) is 6.07 Å². The third-order valence-corrected chi connectivity index (χ3v) is 2.83. The zero-order valence-corrected chi connectivity index (χ0v) is 8.61. The smallest absolute Gasteiger partial charge is 0.123 e. The van der Waals surface area contributed by atoms with Crippen molar-refractivity contribution in [1.29, 1.82) is 0 Å². The summed E-state index contributed by atoms with van der Waals surface area (Å²) in [5, 5.41) is 0. The van der Waals surface area contributed by atoms with Crippen LogP contribution in [0.3, 0.4) is 0 Å². The van der Waals surface area contributed by atoms with Gasteiger partial charge >= 0.3 is 0 Å². The molecule has 1 atom stereocenters. The summed E-state index contributed by atoms with van der Waals surface area (Å²) in [5.74, 6) is 1.20. The number of aromatic nitrogens is 1. The average molecular weight is 191 g/mol. The lowest BCUT2D eigenvalue weighted by Gasteiger charge is -2.29. The molecule has 1 aliphatic heterocycles. The van der Waals surface area contributed by atoms with Gasteiger partial charge in [0.2, 0.25) is 0 Å². The van der Waals surface area contributed by atoms with Gasteiger partial charge in [0.1, 0.15) is 5.82 Å². The maximum Gasteiger partial charge on any atom is 0.123 e. The van der Waals surface area contributed by atoms with E-state index < -0.39 is 0 Å². The van der Waals surface area contributed by atoms with E-state index in [4.69, 9.17) is 5.73 Å². The Morgan fingerprint density at radius 2 is 2.36 bits per heavy atom.